The minimum Gasteiger partial charge on any atom is -0.575 e. The first kappa shape index (κ1) is 21.3. The molecular formula is C18H19N2O7P. The van der Waals surface area contributed by atoms with Crippen molar-refractivity contribution in [2.75, 3.05) is 0 Å². The standard InChI is InChI=1S/C18H19N2O7P/c1-12(2)25-18(21)13(3)19-28(24)27-17-7-5-4-6-16(17)26-15-10-8-14(9-11-15)20(22)23/h4-13H,1-3H3. The van der Waals surface area contributed by atoms with Gasteiger partial charge >= 0.3 is 14.1 Å². The first-order valence-corrected chi connectivity index (χ1v) is 9.47. The van der Waals surface area contributed by atoms with E-state index in [1.54, 1.807) is 32.0 Å². The molecule has 0 saturated carbocycles. The zero-order valence-electron chi connectivity index (χ0n) is 15.5. The lowest BCUT2D eigenvalue weighted by atomic mass is 10.3. The third kappa shape index (κ3) is 6.29. The van der Waals surface area contributed by atoms with E-state index in [0.717, 1.165) is 0 Å². The van der Waals surface area contributed by atoms with E-state index in [-0.39, 0.29) is 23.3 Å². The highest BCUT2D eigenvalue weighted by Crippen LogP contribution is 2.36. The van der Waals surface area contributed by atoms with Gasteiger partial charge in [-0.3, -0.25) is 14.6 Å². The molecular weight excluding hydrogens is 387 g/mol. The van der Waals surface area contributed by atoms with Gasteiger partial charge in [0, 0.05) is 12.1 Å². The number of benzene rings is 2. The molecule has 2 aromatic rings. The fourth-order valence-corrected chi connectivity index (χ4v) is 2.74. The molecule has 0 radical (unpaired) electrons. The maximum absolute atomic E-state index is 12.2. The highest BCUT2D eigenvalue weighted by atomic mass is 31.1. The van der Waals surface area contributed by atoms with Crippen molar-refractivity contribution in [1.82, 2.24) is 0 Å². The van der Waals surface area contributed by atoms with E-state index >= 15 is 0 Å². The number of ether oxygens (including phenoxy) is 2. The summed E-state index contributed by atoms with van der Waals surface area (Å²) in [5, 5.41) is 10.7. The number of rotatable bonds is 8. The van der Waals surface area contributed by atoms with E-state index in [0.29, 0.717) is 5.75 Å². The number of nitro groups is 1. The van der Waals surface area contributed by atoms with Crippen LogP contribution >= 0.6 is 8.17 Å². The summed E-state index contributed by atoms with van der Waals surface area (Å²) in [5.41, 5.74) is -0.0685. The molecule has 148 valence electrons. The van der Waals surface area contributed by atoms with Crippen molar-refractivity contribution in [2.24, 2.45) is 4.74 Å². The molecule has 0 saturated heterocycles. The van der Waals surface area contributed by atoms with Crippen LogP contribution in [0.4, 0.5) is 5.69 Å². The van der Waals surface area contributed by atoms with Gasteiger partial charge in [-0.1, -0.05) is 16.9 Å². The van der Waals surface area contributed by atoms with Gasteiger partial charge in [-0.05, 0) is 45.0 Å². The summed E-state index contributed by atoms with van der Waals surface area (Å²) in [6.45, 7) is 4.86. The second-order valence-electron chi connectivity index (χ2n) is 5.91. The second-order valence-corrected chi connectivity index (χ2v) is 6.80. The summed E-state index contributed by atoms with van der Waals surface area (Å²) < 4.78 is 19.7. The number of hydrogen-bond acceptors (Lipinski definition) is 8. The predicted molar refractivity (Wildman–Crippen MR) is 100 cm³/mol. The van der Waals surface area contributed by atoms with Gasteiger partial charge < -0.3 is 14.4 Å². The van der Waals surface area contributed by atoms with Gasteiger partial charge in [-0.25, -0.2) is 4.79 Å². The molecule has 0 N–H and O–H groups in total. The van der Waals surface area contributed by atoms with E-state index in [1.807, 2.05) is 0 Å². The molecule has 2 unspecified atom stereocenters. The van der Waals surface area contributed by atoms with Crippen LogP contribution in [-0.2, 0) is 9.53 Å². The van der Waals surface area contributed by atoms with Gasteiger partial charge in [0.05, 0.1) is 11.0 Å². The van der Waals surface area contributed by atoms with Crippen molar-refractivity contribution in [2.45, 2.75) is 32.9 Å². The minimum atomic E-state index is -2.55. The van der Waals surface area contributed by atoms with Gasteiger partial charge in [0.15, 0.2) is 11.8 Å². The van der Waals surface area contributed by atoms with E-state index in [1.165, 1.54) is 37.3 Å². The van der Waals surface area contributed by atoms with Crippen LogP contribution in [0.15, 0.2) is 53.3 Å². The molecule has 0 bridgehead atoms. The Bertz CT molecular complexity index is 868. The number of carbonyl (C=O) groups excluding carboxylic acids is 1. The first-order valence-electron chi connectivity index (χ1n) is 8.34. The fraction of sp³-hybridized carbons (Fsp3) is 0.278. The maximum Gasteiger partial charge on any atom is 0.395 e. The van der Waals surface area contributed by atoms with Crippen LogP contribution in [0, 0.1) is 10.1 Å². The topological polar surface area (TPSA) is 123 Å². The Morgan fingerprint density at radius 2 is 1.68 bits per heavy atom. The third-order valence-electron chi connectivity index (χ3n) is 3.26. The van der Waals surface area contributed by atoms with Crippen LogP contribution in [0.25, 0.3) is 0 Å². The average Bonchev–Trinajstić information content (AvgIpc) is 2.63. The number of non-ortho nitro benzene ring substituents is 1. The lowest BCUT2D eigenvalue weighted by Crippen LogP contribution is -2.21. The smallest absolute Gasteiger partial charge is 0.395 e. The average molecular weight is 406 g/mol. The van der Waals surface area contributed by atoms with Crippen LogP contribution in [0.2, 0.25) is 0 Å². The van der Waals surface area contributed by atoms with Crippen molar-refractivity contribution in [3.05, 3.63) is 58.6 Å². The molecule has 0 aliphatic heterocycles. The number of esters is 1. The van der Waals surface area contributed by atoms with Gasteiger partial charge in [-0.2, -0.15) is 0 Å². The monoisotopic (exact) mass is 406 g/mol. The van der Waals surface area contributed by atoms with Crippen molar-refractivity contribution in [3.63, 3.8) is 0 Å². The molecule has 2 rings (SSSR count). The molecule has 0 heterocycles. The number of carbonyl (C=O) groups is 1. The third-order valence-corrected chi connectivity index (χ3v) is 4.15. The summed E-state index contributed by atoms with van der Waals surface area (Å²) in [6.07, 6.45) is -0.306. The largest absolute Gasteiger partial charge is 0.575 e. The number of hydrogen-bond donors (Lipinski definition) is 0. The number of nitro benzene ring substituents is 1. The number of para-hydroxylation sites is 2. The second kappa shape index (κ2) is 9.77. The maximum atomic E-state index is 12.2. The van der Waals surface area contributed by atoms with Gasteiger partial charge in [0.25, 0.3) is 5.69 Å². The van der Waals surface area contributed by atoms with Crippen molar-refractivity contribution in [3.8, 4) is 17.2 Å². The summed E-state index contributed by atoms with van der Waals surface area (Å²) >= 11 is 0. The number of nitrogens with zero attached hydrogens (tertiary/aromatic N) is 2. The quantitative estimate of drug-likeness (QED) is 0.281. The summed E-state index contributed by atoms with van der Waals surface area (Å²) in [5.74, 6) is 0.127. The Balaban J connectivity index is 2.11. The van der Waals surface area contributed by atoms with Crippen LogP contribution in [0.5, 0.6) is 17.2 Å². The van der Waals surface area contributed by atoms with Crippen molar-refractivity contribution < 1.29 is 28.6 Å². The van der Waals surface area contributed by atoms with Gasteiger partial charge in [0.1, 0.15) is 5.75 Å². The van der Waals surface area contributed by atoms with Crippen molar-refractivity contribution >= 4 is 19.8 Å². The molecule has 2 atom stereocenters. The zero-order valence-corrected chi connectivity index (χ0v) is 16.4. The molecule has 0 aliphatic rings. The molecule has 10 heteroatoms. The fourth-order valence-electron chi connectivity index (χ4n) is 2.00. The van der Waals surface area contributed by atoms with Crippen molar-refractivity contribution in [1.29, 1.82) is 0 Å². The van der Waals surface area contributed by atoms with E-state index in [4.69, 9.17) is 14.0 Å². The highest BCUT2D eigenvalue weighted by molar-refractivity contribution is 7.34. The minimum absolute atomic E-state index is 0.0685. The lowest BCUT2D eigenvalue weighted by molar-refractivity contribution is -0.384. The van der Waals surface area contributed by atoms with Gasteiger partial charge in [0.2, 0.25) is 5.75 Å². The predicted octanol–water partition coefficient (Wildman–Crippen LogP) is 3.96. The first-order chi connectivity index (χ1) is 13.3. The molecule has 0 aliphatic carbocycles. The van der Waals surface area contributed by atoms with Gasteiger partial charge in [-0.15, -0.1) is 0 Å². The van der Waals surface area contributed by atoms with E-state index in [9.17, 15) is 19.8 Å². The summed E-state index contributed by atoms with van der Waals surface area (Å²) in [7, 11) is -2.55. The van der Waals surface area contributed by atoms with E-state index in [2.05, 4.69) is 4.74 Å². The normalized spacial score (nSPS) is 12.4. The SMILES string of the molecule is CC(C)OC(=O)C(C)/N=[P+](\[O-])Oc1ccccc1Oc1ccc([N+](=O)[O-])cc1. The molecule has 0 fully saturated rings. The Morgan fingerprint density at radius 3 is 2.25 bits per heavy atom. The Hall–Kier alpha value is -3.03. The summed E-state index contributed by atoms with van der Waals surface area (Å²) in [4.78, 5) is 34.1. The highest BCUT2D eigenvalue weighted by Gasteiger charge is 2.20. The molecule has 28 heavy (non-hydrogen) atoms. The van der Waals surface area contributed by atoms with E-state index < -0.39 is 25.1 Å². The summed E-state index contributed by atoms with van der Waals surface area (Å²) in [6, 6.07) is 11.0. The van der Waals surface area contributed by atoms with Crippen LogP contribution in [0.3, 0.4) is 0 Å². The molecule has 0 spiro atoms. The molecule has 2 aromatic carbocycles. The van der Waals surface area contributed by atoms with Crippen LogP contribution in [-0.4, -0.2) is 23.0 Å². The Kier molecular flexibility index (Phi) is 7.43. The van der Waals surface area contributed by atoms with Crippen LogP contribution in [0.1, 0.15) is 20.8 Å². The van der Waals surface area contributed by atoms with Crippen LogP contribution < -0.4 is 14.2 Å². The zero-order chi connectivity index (χ0) is 20.7. The molecule has 0 amide bonds. The molecule has 9 nitrogen and oxygen atoms in total. The Labute approximate surface area is 162 Å². The molecule has 0 aromatic heterocycles. The Morgan fingerprint density at radius 1 is 1.07 bits per heavy atom. The lowest BCUT2D eigenvalue weighted by Gasteiger charge is -2.10.